The lowest BCUT2D eigenvalue weighted by Gasteiger charge is -2.07. The lowest BCUT2D eigenvalue weighted by atomic mass is 10.1. The minimum absolute atomic E-state index is 0.332. The summed E-state index contributed by atoms with van der Waals surface area (Å²) in [5.74, 6) is -0.339. The van der Waals surface area contributed by atoms with Gasteiger partial charge in [0.2, 0.25) is 0 Å². The van der Waals surface area contributed by atoms with Gasteiger partial charge >= 0.3 is 5.97 Å². The molecule has 0 saturated carbocycles. The number of carbonyl (C=O) groups excluding carboxylic acids is 1. The van der Waals surface area contributed by atoms with Crippen LogP contribution >= 0.6 is 0 Å². The maximum absolute atomic E-state index is 11.9. The Labute approximate surface area is 112 Å². The number of anilines is 1. The average Bonchev–Trinajstić information content (AvgIpc) is 2.78. The van der Waals surface area contributed by atoms with Gasteiger partial charge in [-0.25, -0.2) is 4.79 Å². The van der Waals surface area contributed by atoms with Crippen molar-refractivity contribution in [2.24, 2.45) is 7.05 Å². The molecule has 100 valence electrons. The first-order chi connectivity index (χ1) is 9.06. The third kappa shape index (κ3) is 3.34. The summed E-state index contributed by atoms with van der Waals surface area (Å²) < 4.78 is 6.97. The van der Waals surface area contributed by atoms with E-state index in [2.05, 4.69) is 5.10 Å². The number of carbonyl (C=O) groups is 1. The molecule has 0 saturated heterocycles. The number of hydrogen-bond donors (Lipinski definition) is 1. The Balaban J connectivity index is 1.92. The molecule has 2 N–H and O–H groups in total. The third-order valence-corrected chi connectivity index (χ3v) is 2.86. The van der Waals surface area contributed by atoms with E-state index in [0.29, 0.717) is 24.3 Å². The molecule has 0 radical (unpaired) electrons. The Kier molecular flexibility index (Phi) is 3.85. The van der Waals surface area contributed by atoms with E-state index in [9.17, 15) is 4.79 Å². The second-order valence-electron chi connectivity index (χ2n) is 4.48. The molecular formula is C14H17N3O2. The number of nitrogen functional groups attached to an aromatic ring is 1. The lowest BCUT2D eigenvalue weighted by Crippen LogP contribution is -2.10. The van der Waals surface area contributed by atoms with Crippen molar-refractivity contribution in [1.29, 1.82) is 0 Å². The van der Waals surface area contributed by atoms with Crippen molar-refractivity contribution in [1.82, 2.24) is 9.78 Å². The van der Waals surface area contributed by atoms with Crippen LogP contribution in [0.5, 0.6) is 0 Å². The summed E-state index contributed by atoms with van der Waals surface area (Å²) in [7, 11) is 1.85. The number of hydrogen-bond acceptors (Lipinski definition) is 4. The van der Waals surface area contributed by atoms with Gasteiger partial charge in [-0.15, -0.1) is 0 Å². The van der Waals surface area contributed by atoms with Crippen molar-refractivity contribution in [3.8, 4) is 0 Å². The molecule has 0 aliphatic heterocycles. The van der Waals surface area contributed by atoms with Crippen LogP contribution in [0.3, 0.4) is 0 Å². The summed E-state index contributed by atoms with van der Waals surface area (Å²) in [5.41, 5.74) is 8.65. The number of aromatic nitrogens is 2. The second-order valence-corrected chi connectivity index (χ2v) is 4.48. The molecule has 0 aliphatic rings. The van der Waals surface area contributed by atoms with Gasteiger partial charge in [-0.05, 0) is 30.2 Å². The molecule has 19 heavy (non-hydrogen) atoms. The molecule has 0 aliphatic carbocycles. The first-order valence-electron chi connectivity index (χ1n) is 6.07. The zero-order valence-corrected chi connectivity index (χ0v) is 11.1. The molecule has 0 spiro atoms. The van der Waals surface area contributed by atoms with Gasteiger partial charge in [0.05, 0.1) is 18.4 Å². The summed E-state index contributed by atoms with van der Waals surface area (Å²) >= 11 is 0. The SMILES string of the molecule is Cc1ccc(N)cc1C(=O)OCCc1cnn(C)c1. The number of nitrogens with zero attached hydrogens (tertiary/aromatic N) is 2. The number of aryl methyl sites for hydroxylation is 2. The Morgan fingerprint density at radius 2 is 2.26 bits per heavy atom. The van der Waals surface area contributed by atoms with Crippen LogP contribution in [0, 0.1) is 6.92 Å². The Hall–Kier alpha value is -2.30. The van der Waals surface area contributed by atoms with Crippen molar-refractivity contribution in [3.05, 3.63) is 47.3 Å². The minimum Gasteiger partial charge on any atom is -0.462 e. The predicted molar refractivity (Wildman–Crippen MR) is 72.8 cm³/mol. The lowest BCUT2D eigenvalue weighted by molar-refractivity contribution is 0.0508. The van der Waals surface area contributed by atoms with Gasteiger partial charge in [0, 0.05) is 25.4 Å². The normalized spacial score (nSPS) is 10.4. The van der Waals surface area contributed by atoms with E-state index in [1.165, 1.54) is 0 Å². The highest BCUT2D eigenvalue weighted by Gasteiger charge is 2.10. The molecule has 1 aromatic carbocycles. The summed E-state index contributed by atoms with van der Waals surface area (Å²) in [6.45, 7) is 2.19. The summed E-state index contributed by atoms with van der Waals surface area (Å²) in [6.07, 6.45) is 4.32. The van der Waals surface area contributed by atoms with Crippen LogP contribution in [-0.4, -0.2) is 22.4 Å². The fraction of sp³-hybridized carbons (Fsp3) is 0.286. The monoisotopic (exact) mass is 259 g/mol. The molecule has 1 heterocycles. The fourth-order valence-corrected chi connectivity index (χ4v) is 1.80. The first-order valence-corrected chi connectivity index (χ1v) is 6.07. The number of ether oxygens (including phenoxy) is 1. The molecule has 0 unspecified atom stereocenters. The van der Waals surface area contributed by atoms with Gasteiger partial charge in [-0.2, -0.15) is 5.10 Å². The molecule has 0 amide bonds. The number of benzene rings is 1. The van der Waals surface area contributed by atoms with Crippen molar-refractivity contribution in [3.63, 3.8) is 0 Å². The summed E-state index contributed by atoms with van der Waals surface area (Å²) in [6, 6.07) is 5.22. The standard InChI is InChI=1S/C14H17N3O2/c1-10-3-4-12(15)7-13(10)14(18)19-6-5-11-8-16-17(2)9-11/h3-4,7-9H,5-6,15H2,1-2H3. The van der Waals surface area contributed by atoms with E-state index in [1.54, 1.807) is 23.0 Å². The van der Waals surface area contributed by atoms with Crippen LogP contribution in [0.1, 0.15) is 21.5 Å². The molecule has 2 aromatic rings. The smallest absolute Gasteiger partial charge is 0.338 e. The van der Waals surface area contributed by atoms with Crippen LogP contribution in [0.2, 0.25) is 0 Å². The van der Waals surface area contributed by atoms with Gasteiger partial charge < -0.3 is 10.5 Å². The summed E-state index contributed by atoms with van der Waals surface area (Å²) in [5, 5.41) is 4.06. The van der Waals surface area contributed by atoms with Gasteiger partial charge in [0.15, 0.2) is 0 Å². The number of nitrogens with two attached hydrogens (primary N) is 1. The molecule has 0 bridgehead atoms. The second kappa shape index (κ2) is 5.56. The van der Waals surface area contributed by atoms with E-state index < -0.39 is 0 Å². The zero-order chi connectivity index (χ0) is 13.8. The summed E-state index contributed by atoms with van der Waals surface area (Å²) in [4.78, 5) is 11.9. The van der Waals surface area contributed by atoms with Gasteiger partial charge in [-0.1, -0.05) is 6.07 Å². The molecule has 1 aromatic heterocycles. The topological polar surface area (TPSA) is 70.1 Å². The molecule has 0 atom stereocenters. The minimum atomic E-state index is -0.339. The van der Waals surface area contributed by atoms with Crippen LogP contribution in [0.15, 0.2) is 30.6 Å². The molecular weight excluding hydrogens is 242 g/mol. The Morgan fingerprint density at radius 3 is 2.95 bits per heavy atom. The largest absolute Gasteiger partial charge is 0.462 e. The first kappa shape index (κ1) is 13.1. The number of esters is 1. The maximum atomic E-state index is 11.9. The highest BCUT2D eigenvalue weighted by molar-refractivity contribution is 5.92. The van der Waals surface area contributed by atoms with Crippen LogP contribution in [0.4, 0.5) is 5.69 Å². The Bertz CT molecular complexity index is 590. The quantitative estimate of drug-likeness (QED) is 0.670. The molecule has 5 nitrogen and oxygen atoms in total. The van der Waals surface area contributed by atoms with Crippen molar-refractivity contribution < 1.29 is 9.53 Å². The highest BCUT2D eigenvalue weighted by Crippen LogP contribution is 2.14. The van der Waals surface area contributed by atoms with Crippen LogP contribution < -0.4 is 5.73 Å². The molecule has 2 rings (SSSR count). The van der Waals surface area contributed by atoms with E-state index >= 15 is 0 Å². The van der Waals surface area contributed by atoms with Gasteiger partial charge in [0.1, 0.15) is 0 Å². The van der Waals surface area contributed by atoms with E-state index in [0.717, 1.165) is 11.1 Å². The van der Waals surface area contributed by atoms with E-state index in [1.807, 2.05) is 26.2 Å². The van der Waals surface area contributed by atoms with E-state index in [-0.39, 0.29) is 5.97 Å². The fourth-order valence-electron chi connectivity index (χ4n) is 1.80. The Morgan fingerprint density at radius 1 is 1.47 bits per heavy atom. The highest BCUT2D eigenvalue weighted by atomic mass is 16.5. The molecule has 5 heteroatoms. The van der Waals surface area contributed by atoms with Crippen LogP contribution in [-0.2, 0) is 18.2 Å². The van der Waals surface area contributed by atoms with Gasteiger partial charge in [-0.3, -0.25) is 4.68 Å². The van der Waals surface area contributed by atoms with Crippen molar-refractivity contribution >= 4 is 11.7 Å². The number of rotatable bonds is 4. The maximum Gasteiger partial charge on any atom is 0.338 e. The zero-order valence-electron chi connectivity index (χ0n) is 11.1. The van der Waals surface area contributed by atoms with Crippen molar-refractivity contribution in [2.75, 3.05) is 12.3 Å². The third-order valence-electron chi connectivity index (χ3n) is 2.86. The van der Waals surface area contributed by atoms with E-state index in [4.69, 9.17) is 10.5 Å². The average molecular weight is 259 g/mol. The van der Waals surface area contributed by atoms with Crippen molar-refractivity contribution in [2.45, 2.75) is 13.3 Å². The molecule has 0 fully saturated rings. The van der Waals surface area contributed by atoms with Crippen LogP contribution in [0.25, 0.3) is 0 Å². The predicted octanol–water partition coefficient (Wildman–Crippen LogP) is 1.71. The van der Waals surface area contributed by atoms with Gasteiger partial charge in [0.25, 0.3) is 0 Å².